The maximum atomic E-state index is 12.8. The van der Waals surface area contributed by atoms with Gasteiger partial charge in [0.2, 0.25) is 0 Å². The minimum Gasteiger partial charge on any atom is -0.368 e. The molecule has 2 aliphatic rings. The second kappa shape index (κ2) is 10.0. The van der Waals surface area contributed by atoms with Crippen molar-refractivity contribution >= 4 is 11.8 Å². The first kappa shape index (κ1) is 21.4. The number of likely N-dealkylation sites (tertiary alicyclic amines) is 1. The smallest absolute Gasteiger partial charge is 0.254 e. The number of carbonyl (C=O) groups is 2. The Kier molecular flexibility index (Phi) is 6.92. The summed E-state index contributed by atoms with van der Waals surface area (Å²) in [4.78, 5) is 36.2. The van der Waals surface area contributed by atoms with Crippen LogP contribution in [0.2, 0.25) is 0 Å². The van der Waals surface area contributed by atoms with Gasteiger partial charge in [-0.1, -0.05) is 30.3 Å². The van der Waals surface area contributed by atoms with Crippen molar-refractivity contribution in [1.29, 1.82) is 0 Å². The average molecular weight is 423 g/mol. The van der Waals surface area contributed by atoms with E-state index in [4.69, 9.17) is 4.74 Å². The van der Waals surface area contributed by atoms with Crippen LogP contribution >= 0.6 is 0 Å². The zero-order valence-electron chi connectivity index (χ0n) is 18.0. The fourth-order valence-corrected chi connectivity index (χ4v) is 4.34. The lowest BCUT2D eigenvalue weighted by Crippen LogP contribution is -2.44. The predicted molar refractivity (Wildman–Crippen MR) is 116 cm³/mol. The summed E-state index contributed by atoms with van der Waals surface area (Å²) < 4.78 is 5.55. The minimum atomic E-state index is -0.249. The Labute approximate surface area is 183 Å². The van der Waals surface area contributed by atoms with E-state index in [0.717, 1.165) is 56.5 Å². The maximum absolute atomic E-state index is 12.8. The molecule has 0 spiro atoms. The average Bonchev–Trinajstić information content (AvgIpc) is 3.33. The third kappa shape index (κ3) is 5.47. The summed E-state index contributed by atoms with van der Waals surface area (Å²) in [5, 5.41) is 2.98. The zero-order valence-corrected chi connectivity index (χ0v) is 18.0. The van der Waals surface area contributed by atoms with E-state index in [0.29, 0.717) is 30.5 Å². The number of nitrogens with zero attached hydrogens (tertiary/aromatic N) is 3. The molecule has 0 radical (unpaired) electrons. The van der Waals surface area contributed by atoms with Crippen LogP contribution in [0.1, 0.15) is 53.1 Å². The van der Waals surface area contributed by atoms with Gasteiger partial charge in [-0.3, -0.25) is 9.59 Å². The molecule has 0 aliphatic carbocycles. The molecule has 2 aliphatic heterocycles. The second-order valence-corrected chi connectivity index (χ2v) is 8.42. The molecular formula is C24H30N4O3. The summed E-state index contributed by atoms with van der Waals surface area (Å²) in [6.45, 7) is 4.48. The summed E-state index contributed by atoms with van der Waals surface area (Å²) in [6.07, 6.45) is 5.73. The van der Waals surface area contributed by atoms with Gasteiger partial charge in [-0.25, -0.2) is 9.97 Å². The Morgan fingerprint density at radius 2 is 1.94 bits per heavy atom. The standard InChI is InChI=1S/C24H30N4O3/c1-17-25-16-20(23(29)26-15-19-6-3-2-4-7-19)21(27-17)14-18-9-11-28(12-10-18)24(30)22-8-5-13-31-22/h2-4,6-7,16,18,22H,5,8-15H2,1H3,(H,26,29)/t22-/m0/s1. The molecule has 0 bridgehead atoms. The topological polar surface area (TPSA) is 84.4 Å². The number of rotatable bonds is 6. The van der Waals surface area contributed by atoms with Gasteiger partial charge in [-0.05, 0) is 50.5 Å². The van der Waals surface area contributed by atoms with E-state index in [-0.39, 0.29) is 17.9 Å². The number of aryl methyl sites for hydroxylation is 1. The van der Waals surface area contributed by atoms with Gasteiger partial charge in [-0.15, -0.1) is 0 Å². The van der Waals surface area contributed by atoms with Crippen LogP contribution < -0.4 is 5.32 Å². The lowest BCUT2D eigenvalue weighted by atomic mass is 9.90. The van der Waals surface area contributed by atoms with Crippen molar-refractivity contribution in [2.24, 2.45) is 5.92 Å². The Hall–Kier alpha value is -2.80. The summed E-state index contributed by atoms with van der Waals surface area (Å²) >= 11 is 0. The summed E-state index contributed by atoms with van der Waals surface area (Å²) in [7, 11) is 0. The number of carbonyl (C=O) groups excluding carboxylic acids is 2. The highest BCUT2D eigenvalue weighted by atomic mass is 16.5. The quantitative estimate of drug-likeness (QED) is 0.774. The van der Waals surface area contributed by atoms with Gasteiger partial charge < -0.3 is 15.0 Å². The molecule has 1 N–H and O–H groups in total. The molecule has 1 aromatic heterocycles. The maximum Gasteiger partial charge on any atom is 0.254 e. The normalized spacial score (nSPS) is 19.4. The van der Waals surface area contributed by atoms with Crippen molar-refractivity contribution in [1.82, 2.24) is 20.2 Å². The molecule has 164 valence electrons. The van der Waals surface area contributed by atoms with Gasteiger partial charge in [0, 0.05) is 32.4 Å². The SMILES string of the molecule is Cc1ncc(C(=O)NCc2ccccc2)c(CC2CCN(C(=O)[C@@H]3CCCO3)CC2)n1. The first-order valence-electron chi connectivity index (χ1n) is 11.1. The van der Waals surface area contributed by atoms with E-state index >= 15 is 0 Å². The Bertz CT molecular complexity index is 904. The first-order valence-corrected chi connectivity index (χ1v) is 11.1. The van der Waals surface area contributed by atoms with E-state index < -0.39 is 0 Å². The molecule has 7 heteroatoms. The lowest BCUT2D eigenvalue weighted by molar-refractivity contribution is -0.142. The van der Waals surface area contributed by atoms with Gasteiger partial charge in [0.1, 0.15) is 11.9 Å². The van der Waals surface area contributed by atoms with Crippen LogP contribution in [-0.4, -0.2) is 52.5 Å². The molecule has 4 rings (SSSR count). The number of hydrogen-bond donors (Lipinski definition) is 1. The van der Waals surface area contributed by atoms with Crippen LogP contribution in [-0.2, 0) is 22.5 Å². The Morgan fingerprint density at radius 1 is 1.16 bits per heavy atom. The molecule has 2 aromatic rings. The highest BCUT2D eigenvalue weighted by molar-refractivity contribution is 5.94. The molecule has 1 aromatic carbocycles. The molecule has 2 saturated heterocycles. The van der Waals surface area contributed by atoms with E-state index in [1.54, 1.807) is 6.20 Å². The Balaban J connectivity index is 1.35. The molecule has 1 atom stereocenters. The first-order chi connectivity index (χ1) is 15.1. The highest BCUT2D eigenvalue weighted by Gasteiger charge is 2.31. The molecule has 2 amide bonds. The predicted octanol–water partition coefficient (Wildman–Crippen LogP) is 2.68. The zero-order chi connectivity index (χ0) is 21.6. The number of amides is 2. The van der Waals surface area contributed by atoms with Crippen molar-refractivity contribution in [3.05, 3.63) is 59.2 Å². The van der Waals surface area contributed by atoms with Gasteiger partial charge in [0.25, 0.3) is 11.8 Å². The summed E-state index contributed by atoms with van der Waals surface area (Å²) in [5.41, 5.74) is 2.38. The highest BCUT2D eigenvalue weighted by Crippen LogP contribution is 2.24. The minimum absolute atomic E-state index is 0.134. The molecule has 3 heterocycles. The second-order valence-electron chi connectivity index (χ2n) is 8.42. The van der Waals surface area contributed by atoms with Crippen molar-refractivity contribution in [3.8, 4) is 0 Å². The molecule has 0 saturated carbocycles. The van der Waals surface area contributed by atoms with E-state index in [9.17, 15) is 9.59 Å². The summed E-state index contributed by atoms with van der Waals surface area (Å²) in [5.74, 6) is 1.05. The number of benzene rings is 1. The van der Waals surface area contributed by atoms with Crippen molar-refractivity contribution in [2.75, 3.05) is 19.7 Å². The number of aromatic nitrogens is 2. The number of piperidine rings is 1. The molecule has 0 unspecified atom stereocenters. The van der Waals surface area contributed by atoms with Crippen molar-refractivity contribution < 1.29 is 14.3 Å². The summed E-state index contributed by atoms with van der Waals surface area (Å²) in [6, 6.07) is 9.84. The number of hydrogen-bond acceptors (Lipinski definition) is 5. The van der Waals surface area contributed by atoms with Crippen LogP contribution in [0, 0.1) is 12.8 Å². The van der Waals surface area contributed by atoms with Gasteiger partial charge >= 0.3 is 0 Å². The van der Waals surface area contributed by atoms with Gasteiger partial charge in [0.05, 0.1) is 11.3 Å². The van der Waals surface area contributed by atoms with Crippen LogP contribution in [0.25, 0.3) is 0 Å². The Morgan fingerprint density at radius 3 is 2.65 bits per heavy atom. The van der Waals surface area contributed by atoms with E-state index in [1.165, 1.54) is 0 Å². The third-order valence-electron chi connectivity index (χ3n) is 6.14. The van der Waals surface area contributed by atoms with Crippen molar-refractivity contribution in [2.45, 2.75) is 51.7 Å². The fraction of sp³-hybridized carbons (Fsp3) is 0.500. The molecular weight excluding hydrogens is 392 g/mol. The molecule has 7 nitrogen and oxygen atoms in total. The number of nitrogens with one attached hydrogen (secondary N) is 1. The number of ether oxygens (including phenoxy) is 1. The third-order valence-corrected chi connectivity index (χ3v) is 6.14. The monoisotopic (exact) mass is 422 g/mol. The van der Waals surface area contributed by atoms with Crippen LogP contribution in [0.3, 0.4) is 0 Å². The molecule has 31 heavy (non-hydrogen) atoms. The van der Waals surface area contributed by atoms with E-state index in [2.05, 4.69) is 15.3 Å². The van der Waals surface area contributed by atoms with Gasteiger partial charge in [0.15, 0.2) is 0 Å². The van der Waals surface area contributed by atoms with Crippen molar-refractivity contribution in [3.63, 3.8) is 0 Å². The molecule has 2 fully saturated rings. The van der Waals surface area contributed by atoms with Crippen LogP contribution in [0.5, 0.6) is 0 Å². The van der Waals surface area contributed by atoms with Gasteiger partial charge in [-0.2, -0.15) is 0 Å². The largest absolute Gasteiger partial charge is 0.368 e. The lowest BCUT2D eigenvalue weighted by Gasteiger charge is -2.33. The van der Waals surface area contributed by atoms with Crippen LogP contribution in [0.4, 0.5) is 0 Å². The van der Waals surface area contributed by atoms with E-state index in [1.807, 2.05) is 42.2 Å². The fourth-order valence-electron chi connectivity index (χ4n) is 4.34. The van der Waals surface area contributed by atoms with Crippen LogP contribution in [0.15, 0.2) is 36.5 Å².